The highest BCUT2D eigenvalue weighted by atomic mass is 32.1. The highest BCUT2D eigenvalue weighted by Gasteiger charge is 2.24. The molecule has 0 atom stereocenters. The molecule has 1 aliphatic heterocycles. The second-order valence-electron chi connectivity index (χ2n) is 6.68. The molecule has 0 fully saturated rings. The molecule has 0 saturated carbocycles. The Kier molecular flexibility index (Phi) is 4.97. The topological polar surface area (TPSA) is 66.7 Å². The van der Waals surface area contributed by atoms with E-state index in [4.69, 9.17) is 17.4 Å². The number of benzene rings is 2. The minimum Gasteiger partial charge on any atom is -0.497 e. The van der Waals surface area contributed by atoms with Crippen LogP contribution in [0.25, 0.3) is 5.69 Å². The first-order valence-corrected chi connectivity index (χ1v) is 9.35. The van der Waals surface area contributed by atoms with Gasteiger partial charge >= 0.3 is 0 Å². The third-order valence-electron chi connectivity index (χ3n) is 4.68. The number of nitrogens with one attached hydrogen (secondary N) is 2. The van der Waals surface area contributed by atoms with Gasteiger partial charge < -0.3 is 4.74 Å². The number of thiol groups is 1. The van der Waals surface area contributed by atoms with E-state index in [9.17, 15) is 0 Å². The van der Waals surface area contributed by atoms with Gasteiger partial charge in [-0.3, -0.25) is 5.01 Å². The molecule has 144 valence electrons. The molecule has 0 aliphatic carbocycles. The maximum Gasteiger partial charge on any atom is 0.177 e. The lowest BCUT2D eigenvalue weighted by atomic mass is 10.1. The van der Waals surface area contributed by atoms with Crippen molar-refractivity contribution in [2.24, 2.45) is 5.10 Å². The number of hydrazone groups is 1. The van der Waals surface area contributed by atoms with Crippen LogP contribution in [0.3, 0.4) is 0 Å². The van der Waals surface area contributed by atoms with Crippen molar-refractivity contribution in [2.75, 3.05) is 7.11 Å². The molecule has 8 heteroatoms. The van der Waals surface area contributed by atoms with E-state index >= 15 is 0 Å². The molecule has 2 heterocycles. The number of ether oxygens (including phenoxy) is 1. The van der Waals surface area contributed by atoms with Crippen LogP contribution in [0.5, 0.6) is 5.75 Å². The fourth-order valence-electron chi connectivity index (χ4n) is 3.11. The number of hydrogen-bond acceptors (Lipinski definition) is 7. The normalized spacial score (nSPS) is 13.4. The number of methoxy groups -OCH3 is 1. The summed E-state index contributed by atoms with van der Waals surface area (Å²) in [5.74, 6) is 1.56. The predicted molar refractivity (Wildman–Crippen MR) is 112 cm³/mol. The van der Waals surface area contributed by atoms with E-state index in [1.807, 2.05) is 34.0 Å². The van der Waals surface area contributed by atoms with Gasteiger partial charge in [0.25, 0.3) is 0 Å². The number of hydrazine groups is 2. The Bertz CT molecular complexity index is 1030. The quantitative estimate of drug-likeness (QED) is 0.581. The fourth-order valence-corrected chi connectivity index (χ4v) is 3.43. The van der Waals surface area contributed by atoms with Crippen LogP contribution in [0.15, 0.2) is 58.8 Å². The lowest BCUT2D eigenvalue weighted by molar-refractivity contribution is 0.287. The molecule has 2 N–H and O–H groups in total. The molecular weight excluding hydrogens is 372 g/mol. The van der Waals surface area contributed by atoms with Gasteiger partial charge in [-0.25, -0.2) is 10.2 Å². The zero-order valence-electron chi connectivity index (χ0n) is 16.0. The van der Waals surface area contributed by atoms with Crippen molar-refractivity contribution in [3.8, 4) is 11.4 Å². The van der Waals surface area contributed by atoms with Crippen LogP contribution < -0.4 is 15.8 Å². The molecule has 4 rings (SSSR count). The Morgan fingerprint density at radius 2 is 1.89 bits per heavy atom. The van der Waals surface area contributed by atoms with Crippen LogP contribution >= 0.6 is 12.6 Å². The van der Waals surface area contributed by atoms with Crippen LogP contribution in [-0.4, -0.2) is 27.7 Å². The lowest BCUT2D eigenvalue weighted by Crippen LogP contribution is -2.40. The van der Waals surface area contributed by atoms with Gasteiger partial charge in [0.2, 0.25) is 0 Å². The highest BCUT2D eigenvalue weighted by molar-refractivity contribution is 7.80. The molecule has 0 spiro atoms. The number of aromatic nitrogens is 2. The van der Waals surface area contributed by atoms with Crippen molar-refractivity contribution < 1.29 is 4.74 Å². The number of hydrogen-bond donors (Lipinski definition) is 3. The maximum atomic E-state index is 5.22. The van der Waals surface area contributed by atoms with E-state index < -0.39 is 0 Å². The van der Waals surface area contributed by atoms with E-state index in [2.05, 4.69) is 53.3 Å². The van der Waals surface area contributed by atoms with Crippen LogP contribution in [0.2, 0.25) is 0 Å². The number of nitrogens with zero attached hydrogens (tertiary/aromatic N) is 4. The molecule has 0 amide bonds. The third-order valence-corrected chi connectivity index (χ3v) is 5.11. The average molecular weight is 395 g/mol. The average Bonchev–Trinajstić information content (AvgIpc) is 3.30. The zero-order valence-corrected chi connectivity index (χ0v) is 16.9. The molecule has 0 unspecified atom stereocenters. The van der Waals surface area contributed by atoms with E-state index in [0.717, 1.165) is 39.0 Å². The van der Waals surface area contributed by atoms with Crippen LogP contribution in [0.4, 0.5) is 0 Å². The van der Waals surface area contributed by atoms with Crippen LogP contribution in [-0.2, 0) is 6.54 Å². The first-order chi connectivity index (χ1) is 13.6. The summed E-state index contributed by atoms with van der Waals surface area (Å²) in [5, 5.41) is 11.6. The Morgan fingerprint density at radius 1 is 1.11 bits per heavy atom. The van der Waals surface area contributed by atoms with Crippen molar-refractivity contribution >= 4 is 18.5 Å². The van der Waals surface area contributed by atoms with E-state index in [1.54, 1.807) is 13.3 Å². The van der Waals surface area contributed by atoms with Gasteiger partial charge in [0.15, 0.2) is 5.84 Å². The highest BCUT2D eigenvalue weighted by Crippen LogP contribution is 2.24. The summed E-state index contributed by atoms with van der Waals surface area (Å²) in [6.45, 7) is 4.75. The Morgan fingerprint density at radius 3 is 2.64 bits per heavy atom. The van der Waals surface area contributed by atoms with Crippen LogP contribution in [0.1, 0.15) is 22.3 Å². The molecule has 0 bridgehead atoms. The summed E-state index contributed by atoms with van der Waals surface area (Å²) >= 11 is 4.74. The summed E-state index contributed by atoms with van der Waals surface area (Å²) in [7, 11) is 1.66. The molecule has 1 aliphatic rings. The van der Waals surface area contributed by atoms with Crippen molar-refractivity contribution in [1.29, 1.82) is 0 Å². The summed E-state index contributed by atoms with van der Waals surface area (Å²) in [4.78, 5) is 0. The summed E-state index contributed by atoms with van der Waals surface area (Å²) < 4.78 is 7.06. The SMILES string of the molecule is COc1ccc(CN2NNN=C2c2cnn(-c3cc(C)ccc3C)c2S)cc1. The summed E-state index contributed by atoms with van der Waals surface area (Å²) in [6.07, 6.45) is 1.79. The summed E-state index contributed by atoms with van der Waals surface area (Å²) in [6, 6.07) is 14.2. The first-order valence-electron chi connectivity index (χ1n) is 8.90. The summed E-state index contributed by atoms with van der Waals surface area (Å²) in [5.41, 5.74) is 11.2. The minimum atomic E-state index is 0.623. The number of aryl methyl sites for hydroxylation is 2. The standard InChI is InChI=1S/C20H22N6OS/c1-13-4-5-14(2)18(10-13)26-20(28)17(11-21-26)19-22-23-24-25(19)12-15-6-8-16(27-3)9-7-15/h4-11,23-24,28H,12H2,1-3H3. The van der Waals surface area contributed by atoms with Crippen molar-refractivity contribution in [3.63, 3.8) is 0 Å². The third kappa shape index (κ3) is 3.44. The molecule has 3 aromatic rings. The smallest absolute Gasteiger partial charge is 0.177 e. The van der Waals surface area contributed by atoms with Gasteiger partial charge in [0, 0.05) is 0 Å². The van der Waals surface area contributed by atoms with E-state index in [0.29, 0.717) is 6.54 Å². The fraction of sp³-hybridized carbons (Fsp3) is 0.200. The second-order valence-corrected chi connectivity index (χ2v) is 7.10. The predicted octanol–water partition coefficient (Wildman–Crippen LogP) is 2.97. The molecule has 0 radical (unpaired) electrons. The molecule has 0 saturated heterocycles. The molecular formula is C20H22N6OS. The molecule has 2 aromatic carbocycles. The van der Waals surface area contributed by atoms with Gasteiger partial charge in [-0.05, 0) is 48.7 Å². The maximum absolute atomic E-state index is 5.22. The van der Waals surface area contributed by atoms with E-state index in [-0.39, 0.29) is 0 Å². The Hall–Kier alpha value is -2.97. The van der Waals surface area contributed by atoms with Gasteiger partial charge in [-0.15, -0.1) is 23.3 Å². The molecule has 1 aromatic heterocycles. The number of amidine groups is 1. The van der Waals surface area contributed by atoms with Crippen molar-refractivity contribution in [3.05, 3.63) is 70.9 Å². The minimum absolute atomic E-state index is 0.623. The van der Waals surface area contributed by atoms with Gasteiger partial charge in [0.05, 0.1) is 31.1 Å². The second kappa shape index (κ2) is 7.57. The van der Waals surface area contributed by atoms with Crippen LogP contribution in [0, 0.1) is 13.8 Å². The van der Waals surface area contributed by atoms with Gasteiger partial charge in [-0.2, -0.15) is 5.10 Å². The Labute approximate surface area is 169 Å². The zero-order chi connectivity index (χ0) is 19.7. The monoisotopic (exact) mass is 394 g/mol. The first kappa shape index (κ1) is 18.4. The molecule has 28 heavy (non-hydrogen) atoms. The van der Waals surface area contributed by atoms with Crippen molar-refractivity contribution in [2.45, 2.75) is 25.4 Å². The van der Waals surface area contributed by atoms with Crippen molar-refractivity contribution in [1.82, 2.24) is 25.9 Å². The Balaban J connectivity index is 1.61. The largest absolute Gasteiger partial charge is 0.497 e. The molecule has 7 nitrogen and oxygen atoms in total. The number of rotatable bonds is 5. The van der Waals surface area contributed by atoms with Gasteiger partial charge in [-0.1, -0.05) is 24.3 Å². The van der Waals surface area contributed by atoms with Gasteiger partial charge in [0.1, 0.15) is 10.8 Å². The lowest BCUT2D eigenvalue weighted by Gasteiger charge is -2.19. The van der Waals surface area contributed by atoms with E-state index in [1.165, 1.54) is 5.56 Å².